The van der Waals surface area contributed by atoms with Gasteiger partial charge in [-0.1, -0.05) is 35.9 Å². The van der Waals surface area contributed by atoms with E-state index in [1.54, 1.807) is 26.0 Å². The standard InChI is InChI=1S/C20H16ClN3O2/c1-3-26-19(25)17-12(2)22-20-23-15-6-4-5-7-16(15)24(20)18(17)13-8-10-14(21)11-9-13/h4-11H,3H2,1-2H3. The molecule has 4 rings (SSSR count). The minimum Gasteiger partial charge on any atom is -0.462 e. The van der Waals surface area contributed by atoms with Crippen LogP contribution in [-0.4, -0.2) is 26.9 Å². The molecule has 0 unspecified atom stereocenters. The second-order valence-corrected chi connectivity index (χ2v) is 6.32. The van der Waals surface area contributed by atoms with Crippen LogP contribution in [0.1, 0.15) is 23.0 Å². The predicted molar refractivity (Wildman–Crippen MR) is 102 cm³/mol. The summed E-state index contributed by atoms with van der Waals surface area (Å²) in [5.41, 5.74) is 4.26. The summed E-state index contributed by atoms with van der Waals surface area (Å²) < 4.78 is 7.19. The zero-order valence-corrected chi connectivity index (χ0v) is 15.1. The van der Waals surface area contributed by atoms with Gasteiger partial charge >= 0.3 is 5.97 Å². The van der Waals surface area contributed by atoms with Crippen LogP contribution in [-0.2, 0) is 4.74 Å². The van der Waals surface area contributed by atoms with E-state index in [1.807, 2.05) is 40.8 Å². The summed E-state index contributed by atoms with van der Waals surface area (Å²) in [5, 5.41) is 0.629. The molecule has 0 fully saturated rings. The van der Waals surface area contributed by atoms with Crippen molar-refractivity contribution in [2.45, 2.75) is 13.8 Å². The van der Waals surface area contributed by atoms with Crippen LogP contribution < -0.4 is 0 Å². The molecule has 0 bridgehead atoms. The molecular weight excluding hydrogens is 350 g/mol. The van der Waals surface area contributed by atoms with E-state index in [2.05, 4.69) is 9.97 Å². The SMILES string of the molecule is CCOC(=O)c1c(C)nc2nc3ccccc3n2c1-c1ccc(Cl)cc1. The summed E-state index contributed by atoms with van der Waals surface area (Å²) >= 11 is 6.05. The summed E-state index contributed by atoms with van der Waals surface area (Å²) in [6.07, 6.45) is 0. The number of halogens is 1. The number of para-hydroxylation sites is 2. The first-order chi connectivity index (χ1) is 12.6. The predicted octanol–water partition coefficient (Wildman–Crippen LogP) is 4.69. The molecule has 0 aliphatic carbocycles. The second kappa shape index (κ2) is 6.42. The monoisotopic (exact) mass is 365 g/mol. The number of aromatic nitrogens is 3. The lowest BCUT2D eigenvalue weighted by molar-refractivity contribution is 0.0525. The molecule has 0 saturated heterocycles. The average Bonchev–Trinajstić information content (AvgIpc) is 2.99. The summed E-state index contributed by atoms with van der Waals surface area (Å²) in [5.74, 6) is 0.142. The number of carbonyl (C=O) groups excluding carboxylic acids is 1. The van der Waals surface area contributed by atoms with Crippen molar-refractivity contribution in [2.75, 3.05) is 6.61 Å². The van der Waals surface area contributed by atoms with E-state index in [4.69, 9.17) is 16.3 Å². The molecule has 2 aromatic heterocycles. The third kappa shape index (κ3) is 2.61. The van der Waals surface area contributed by atoms with Gasteiger partial charge in [0.1, 0.15) is 5.56 Å². The third-order valence-corrected chi connectivity index (χ3v) is 4.48. The molecule has 4 aromatic rings. The molecule has 0 aliphatic rings. The fourth-order valence-corrected chi connectivity index (χ4v) is 3.25. The van der Waals surface area contributed by atoms with Crippen molar-refractivity contribution in [3.05, 3.63) is 64.8 Å². The Hall–Kier alpha value is -2.92. The lowest BCUT2D eigenvalue weighted by Gasteiger charge is -2.14. The van der Waals surface area contributed by atoms with Crippen molar-refractivity contribution in [3.8, 4) is 11.3 Å². The maximum Gasteiger partial charge on any atom is 0.342 e. The Labute approximate surface area is 155 Å². The van der Waals surface area contributed by atoms with Gasteiger partial charge in [-0.05, 0) is 43.7 Å². The first-order valence-electron chi connectivity index (χ1n) is 8.31. The number of benzene rings is 2. The van der Waals surface area contributed by atoms with Crippen LogP contribution in [0.4, 0.5) is 0 Å². The highest BCUT2D eigenvalue weighted by atomic mass is 35.5. The maximum atomic E-state index is 12.7. The number of ether oxygens (including phenoxy) is 1. The van der Waals surface area contributed by atoms with Crippen molar-refractivity contribution in [1.82, 2.24) is 14.4 Å². The Kier molecular flexibility index (Phi) is 4.09. The van der Waals surface area contributed by atoms with Crippen LogP contribution in [0.5, 0.6) is 0 Å². The van der Waals surface area contributed by atoms with E-state index in [1.165, 1.54) is 0 Å². The van der Waals surface area contributed by atoms with Crippen molar-refractivity contribution in [3.63, 3.8) is 0 Å². The highest BCUT2D eigenvalue weighted by Crippen LogP contribution is 2.31. The van der Waals surface area contributed by atoms with Crippen molar-refractivity contribution in [1.29, 1.82) is 0 Å². The summed E-state index contributed by atoms with van der Waals surface area (Å²) in [6, 6.07) is 15.1. The largest absolute Gasteiger partial charge is 0.462 e. The van der Waals surface area contributed by atoms with E-state index in [9.17, 15) is 4.79 Å². The number of rotatable bonds is 3. The number of imidazole rings is 1. The first kappa shape index (κ1) is 16.5. The van der Waals surface area contributed by atoms with Crippen molar-refractivity contribution < 1.29 is 9.53 Å². The van der Waals surface area contributed by atoms with Crippen LogP contribution >= 0.6 is 11.6 Å². The maximum absolute atomic E-state index is 12.7. The molecule has 2 heterocycles. The molecule has 0 radical (unpaired) electrons. The van der Waals surface area contributed by atoms with Crippen LogP contribution in [0.25, 0.3) is 28.1 Å². The number of nitrogens with zero attached hydrogens (tertiary/aromatic N) is 3. The molecule has 0 amide bonds. The molecule has 5 nitrogen and oxygen atoms in total. The van der Waals surface area contributed by atoms with E-state index in [0.29, 0.717) is 34.4 Å². The Morgan fingerprint density at radius 1 is 1.12 bits per heavy atom. The smallest absolute Gasteiger partial charge is 0.342 e. The van der Waals surface area contributed by atoms with E-state index >= 15 is 0 Å². The summed E-state index contributed by atoms with van der Waals surface area (Å²) in [6.45, 7) is 3.87. The molecule has 6 heteroatoms. The number of esters is 1. The number of fused-ring (bicyclic) bond motifs is 3. The molecule has 0 saturated carbocycles. The minimum atomic E-state index is -0.401. The topological polar surface area (TPSA) is 56.5 Å². The second-order valence-electron chi connectivity index (χ2n) is 5.88. The van der Waals surface area contributed by atoms with Gasteiger partial charge in [0, 0.05) is 5.02 Å². The highest BCUT2D eigenvalue weighted by molar-refractivity contribution is 6.30. The molecule has 26 heavy (non-hydrogen) atoms. The van der Waals surface area contributed by atoms with Crippen LogP contribution in [0, 0.1) is 6.92 Å². The van der Waals surface area contributed by atoms with Crippen LogP contribution in [0.15, 0.2) is 48.5 Å². The van der Waals surface area contributed by atoms with E-state index in [-0.39, 0.29) is 0 Å². The molecule has 2 aromatic carbocycles. The summed E-state index contributed by atoms with van der Waals surface area (Å²) in [4.78, 5) is 21.9. The fourth-order valence-electron chi connectivity index (χ4n) is 3.13. The minimum absolute atomic E-state index is 0.293. The quantitative estimate of drug-likeness (QED) is 0.494. The number of hydrogen-bond donors (Lipinski definition) is 0. The fraction of sp³-hybridized carbons (Fsp3) is 0.150. The Morgan fingerprint density at radius 2 is 1.85 bits per heavy atom. The van der Waals surface area contributed by atoms with Crippen molar-refractivity contribution in [2.24, 2.45) is 0 Å². The molecule has 0 N–H and O–H groups in total. The molecule has 0 spiro atoms. The average molecular weight is 366 g/mol. The first-order valence-corrected chi connectivity index (χ1v) is 8.68. The lowest BCUT2D eigenvalue weighted by Crippen LogP contribution is -2.13. The van der Waals surface area contributed by atoms with Gasteiger partial charge in [-0.2, -0.15) is 0 Å². The molecular formula is C20H16ClN3O2. The molecule has 0 aliphatic heterocycles. The van der Waals surface area contributed by atoms with Crippen molar-refractivity contribution >= 4 is 34.4 Å². The number of carbonyl (C=O) groups is 1. The van der Waals surface area contributed by atoms with Crippen LogP contribution in [0.2, 0.25) is 5.02 Å². The van der Waals surface area contributed by atoms with Crippen LogP contribution in [0.3, 0.4) is 0 Å². The van der Waals surface area contributed by atoms with Gasteiger partial charge in [-0.25, -0.2) is 14.8 Å². The zero-order chi connectivity index (χ0) is 18.3. The van der Waals surface area contributed by atoms with Gasteiger partial charge in [-0.3, -0.25) is 4.40 Å². The Morgan fingerprint density at radius 3 is 2.58 bits per heavy atom. The van der Waals surface area contributed by atoms with Gasteiger partial charge in [0.2, 0.25) is 5.78 Å². The zero-order valence-electron chi connectivity index (χ0n) is 14.4. The van der Waals surface area contributed by atoms with Gasteiger partial charge in [-0.15, -0.1) is 0 Å². The highest BCUT2D eigenvalue weighted by Gasteiger charge is 2.23. The van der Waals surface area contributed by atoms with Gasteiger partial charge in [0.25, 0.3) is 0 Å². The molecule has 0 atom stereocenters. The van der Waals surface area contributed by atoms with Gasteiger partial charge in [0.05, 0.1) is 29.0 Å². The van der Waals surface area contributed by atoms with Gasteiger partial charge < -0.3 is 4.74 Å². The molecule has 130 valence electrons. The lowest BCUT2D eigenvalue weighted by atomic mass is 10.0. The third-order valence-electron chi connectivity index (χ3n) is 4.23. The van der Waals surface area contributed by atoms with E-state index < -0.39 is 5.97 Å². The Bertz CT molecular complexity index is 1130. The Balaban J connectivity index is 2.16. The van der Waals surface area contributed by atoms with Gasteiger partial charge in [0.15, 0.2) is 0 Å². The van der Waals surface area contributed by atoms with E-state index in [0.717, 1.165) is 16.6 Å². The number of aryl methyl sites for hydroxylation is 1. The normalized spacial score (nSPS) is 11.2. The summed E-state index contributed by atoms with van der Waals surface area (Å²) in [7, 11) is 0. The number of hydrogen-bond acceptors (Lipinski definition) is 4.